The molecule has 3 aromatic rings. The first-order valence-electron chi connectivity index (χ1n) is 12.0. The molecule has 0 unspecified atom stereocenters. The van der Waals surface area contributed by atoms with Gasteiger partial charge in [-0.15, -0.1) is 0 Å². The van der Waals surface area contributed by atoms with E-state index in [0.717, 1.165) is 74.0 Å². The second-order valence-electron chi connectivity index (χ2n) is 8.95. The van der Waals surface area contributed by atoms with Gasteiger partial charge in [0.1, 0.15) is 5.76 Å². The summed E-state index contributed by atoms with van der Waals surface area (Å²) < 4.78 is 17.3. The van der Waals surface area contributed by atoms with Gasteiger partial charge in [-0.1, -0.05) is 24.3 Å². The lowest BCUT2D eigenvalue weighted by atomic mass is 10.1. The Hall–Kier alpha value is -2.61. The number of morpholine rings is 1. The maximum absolute atomic E-state index is 6.29. The van der Waals surface area contributed by atoms with Crippen molar-refractivity contribution in [2.45, 2.75) is 33.2 Å². The highest BCUT2D eigenvalue weighted by Gasteiger charge is 2.24. The molecule has 1 aliphatic rings. The van der Waals surface area contributed by atoms with Crippen LogP contribution in [0.4, 0.5) is 5.69 Å². The van der Waals surface area contributed by atoms with Crippen molar-refractivity contribution in [2.75, 3.05) is 51.8 Å². The van der Waals surface area contributed by atoms with Crippen LogP contribution in [0.2, 0.25) is 0 Å². The highest BCUT2D eigenvalue weighted by molar-refractivity contribution is 7.80. The third-order valence-electron chi connectivity index (χ3n) is 6.50. The molecule has 0 bridgehead atoms. The third kappa shape index (κ3) is 5.71. The van der Waals surface area contributed by atoms with E-state index < -0.39 is 0 Å². The van der Waals surface area contributed by atoms with Gasteiger partial charge in [-0.05, 0) is 68.7 Å². The Balaban J connectivity index is 1.55. The van der Waals surface area contributed by atoms with Crippen LogP contribution in [0.5, 0.6) is 5.75 Å². The summed E-state index contributed by atoms with van der Waals surface area (Å²) in [7, 11) is 1.67. The Labute approximate surface area is 207 Å². The third-order valence-corrected chi connectivity index (χ3v) is 6.84. The molecule has 6 nitrogen and oxygen atoms in total. The molecular formula is C27H35N3O3S. The zero-order valence-electron chi connectivity index (χ0n) is 20.6. The lowest BCUT2D eigenvalue weighted by molar-refractivity contribution is 0.0365. The summed E-state index contributed by atoms with van der Waals surface area (Å²) in [4.78, 5) is 4.70. The van der Waals surface area contributed by atoms with Crippen LogP contribution in [0.15, 0.2) is 46.9 Å². The Bertz CT molecular complexity index is 1120. The Morgan fingerprint density at radius 2 is 1.97 bits per heavy atom. The first-order chi connectivity index (χ1) is 16.5. The van der Waals surface area contributed by atoms with Crippen molar-refractivity contribution in [3.05, 3.63) is 59.4 Å². The minimum atomic E-state index is -0.0353. The number of nitrogens with zero attached hydrogens (tertiary/aromatic N) is 2. The number of fused-ring (bicyclic) bond motifs is 1. The van der Waals surface area contributed by atoms with Gasteiger partial charge in [-0.2, -0.15) is 0 Å². The van der Waals surface area contributed by atoms with Crippen LogP contribution in [-0.4, -0.2) is 61.4 Å². The van der Waals surface area contributed by atoms with Crippen LogP contribution >= 0.6 is 12.2 Å². The summed E-state index contributed by atoms with van der Waals surface area (Å²) >= 11 is 5.95. The molecular weight excluding hydrogens is 446 g/mol. The van der Waals surface area contributed by atoms with E-state index in [-0.39, 0.29) is 6.04 Å². The van der Waals surface area contributed by atoms with E-state index in [1.165, 1.54) is 11.1 Å². The minimum Gasteiger partial charge on any atom is -0.493 e. The van der Waals surface area contributed by atoms with Crippen molar-refractivity contribution in [1.29, 1.82) is 0 Å². The van der Waals surface area contributed by atoms with Crippen molar-refractivity contribution < 1.29 is 13.9 Å². The average molecular weight is 482 g/mol. The molecule has 2 aromatic carbocycles. The summed E-state index contributed by atoms with van der Waals surface area (Å²) in [6.45, 7) is 11.8. The number of benzene rings is 2. The van der Waals surface area contributed by atoms with Gasteiger partial charge in [-0.3, -0.25) is 4.90 Å². The second kappa shape index (κ2) is 11.2. The lowest BCUT2D eigenvalue weighted by Gasteiger charge is -2.33. The quantitative estimate of drug-likeness (QED) is 0.424. The van der Waals surface area contributed by atoms with Crippen LogP contribution in [0.3, 0.4) is 0 Å². The minimum absolute atomic E-state index is 0.0353. The molecule has 0 aliphatic carbocycles. The van der Waals surface area contributed by atoms with Gasteiger partial charge in [0.25, 0.3) is 0 Å². The van der Waals surface area contributed by atoms with Crippen LogP contribution in [0, 0.1) is 13.8 Å². The molecule has 0 radical (unpaired) electrons. The lowest BCUT2D eigenvalue weighted by Crippen LogP contribution is -2.41. The maximum Gasteiger partial charge on any atom is 0.176 e. The monoisotopic (exact) mass is 481 g/mol. The SMILES string of the molecule is COc1cccc2cc([C@H](C)N(CCCN3CCOCC3)C(=S)Nc3cc(C)ccc3C)oc12. The van der Waals surface area contributed by atoms with Gasteiger partial charge in [0, 0.05) is 37.3 Å². The number of para-hydroxylation sites is 1. The molecule has 0 spiro atoms. The predicted molar refractivity (Wildman–Crippen MR) is 142 cm³/mol. The number of ether oxygens (including phenoxy) is 2. The zero-order chi connectivity index (χ0) is 24.1. The predicted octanol–water partition coefficient (Wildman–Crippen LogP) is 5.54. The van der Waals surface area contributed by atoms with Crippen molar-refractivity contribution in [1.82, 2.24) is 9.80 Å². The Morgan fingerprint density at radius 3 is 2.74 bits per heavy atom. The van der Waals surface area contributed by atoms with Crippen molar-refractivity contribution in [3.8, 4) is 5.75 Å². The fourth-order valence-electron chi connectivity index (χ4n) is 4.39. The standard InChI is InChI=1S/C27H35N3O3S/c1-19-9-10-20(2)23(17-19)28-27(34)30(12-6-11-29-13-15-32-16-14-29)21(3)25-18-22-7-5-8-24(31-4)26(22)33-25/h5,7-10,17-18,21H,6,11-16H2,1-4H3,(H,28,34)/t21-/m0/s1. The van der Waals surface area contributed by atoms with Crippen LogP contribution in [0.25, 0.3) is 11.0 Å². The van der Waals surface area contributed by atoms with Crippen LogP contribution in [-0.2, 0) is 4.74 Å². The van der Waals surface area contributed by atoms with Gasteiger partial charge in [0.2, 0.25) is 0 Å². The largest absolute Gasteiger partial charge is 0.493 e. The van der Waals surface area contributed by atoms with E-state index in [1.54, 1.807) is 7.11 Å². The first kappa shape index (κ1) is 24.5. The maximum atomic E-state index is 6.29. The topological polar surface area (TPSA) is 50.1 Å². The zero-order valence-corrected chi connectivity index (χ0v) is 21.4. The van der Waals surface area contributed by atoms with E-state index >= 15 is 0 Å². The molecule has 1 N–H and O–H groups in total. The number of hydrogen-bond donors (Lipinski definition) is 1. The fraction of sp³-hybridized carbons (Fsp3) is 0.444. The molecule has 1 fully saturated rings. The highest BCUT2D eigenvalue weighted by Crippen LogP contribution is 2.33. The van der Waals surface area contributed by atoms with Gasteiger partial charge in [0.15, 0.2) is 16.4 Å². The fourth-order valence-corrected chi connectivity index (χ4v) is 4.75. The Kier molecular flexibility index (Phi) is 8.08. The van der Waals surface area contributed by atoms with Gasteiger partial charge in [-0.25, -0.2) is 0 Å². The van der Waals surface area contributed by atoms with Crippen molar-refractivity contribution >= 4 is 34.0 Å². The van der Waals surface area contributed by atoms with Crippen molar-refractivity contribution in [3.63, 3.8) is 0 Å². The molecule has 34 heavy (non-hydrogen) atoms. The number of furan rings is 1. The molecule has 1 atom stereocenters. The highest BCUT2D eigenvalue weighted by atomic mass is 32.1. The number of nitrogens with one attached hydrogen (secondary N) is 1. The van der Waals surface area contributed by atoms with Gasteiger partial charge in [0.05, 0.1) is 26.4 Å². The average Bonchev–Trinajstić information content (AvgIpc) is 3.29. The smallest absolute Gasteiger partial charge is 0.176 e. The van der Waals surface area contributed by atoms with E-state index in [4.69, 9.17) is 26.1 Å². The molecule has 0 saturated carbocycles. The molecule has 7 heteroatoms. The molecule has 1 aromatic heterocycles. The van der Waals surface area contributed by atoms with Gasteiger partial charge < -0.3 is 24.1 Å². The molecule has 2 heterocycles. The van der Waals surface area contributed by atoms with Gasteiger partial charge >= 0.3 is 0 Å². The number of aryl methyl sites for hydroxylation is 2. The molecule has 4 rings (SSSR count). The van der Waals surface area contributed by atoms with E-state index in [0.29, 0.717) is 5.11 Å². The van der Waals surface area contributed by atoms with Crippen LogP contribution < -0.4 is 10.1 Å². The second-order valence-corrected chi connectivity index (χ2v) is 9.34. The first-order valence-corrected chi connectivity index (χ1v) is 12.4. The number of thiocarbonyl (C=S) groups is 1. The normalized spacial score (nSPS) is 15.3. The molecule has 1 aliphatic heterocycles. The number of anilines is 1. The van der Waals surface area contributed by atoms with E-state index in [1.807, 2.05) is 18.2 Å². The Morgan fingerprint density at radius 1 is 1.18 bits per heavy atom. The number of methoxy groups -OCH3 is 1. The summed E-state index contributed by atoms with van der Waals surface area (Å²) in [5.74, 6) is 1.61. The summed E-state index contributed by atoms with van der Waals surface area (Å²) in [6.07, 6.45) is 1.00. The summed E-state index contributed by atoms with van der Waals surface area (Å²) in [5.41, 5.74) is 4.18. The van der Waals surface area contributed by atoms with Crippen molar-refractivity contribution in [2.24, 2.45) is 0 Å². The van der Waals surface area contributed by atoms with Crippen LogP contribution in [0.1, 0.15) is 36.3 Å². The summed E-state index contributed by atoms with van der Waals surface area (Å²) in [6, 6.07) is 14.4. The molecule has 0 amide bonds. The number of hydrogen-bond acceptors (Lipinski definition) is 5. The van der Waals surface area contributed by atoms with E-state index in [2.05, 4.69) is 60.2 Å². The molecule has 1 saturated heterocycles. The molecule has 182 valence electrons. The summed E-state index contributed by atoms with van der Waals surface area (Å²) in [5, 5.41) is 5.24. The van der Waals surface area contributed by atoms with E-state index in [9.17, 15) is 0 Å². The number of rotatable bonds is 8.